The van der Waals surface area contributed by atoms with Crippen LogP contribution in [0.2, 0.25) is 0 Å². The number of imide groups is 1. The van der Waals surface area contributed by atoms with Gasteiger partial charge in [0.15, 0.2) is 0 Å². The summed E-state index contributed by atoms with van der Waals surface area (Å²) in [5.74, 6) is -1.88. The van der Waals surface area contributed by atoms with E-state index in [2.05, 4.69) is 5.32 Å². The number of nitrogens with one attached hydrogen (secondary N) is 1. The lowest BCUT2D eigenvalue weighted by Gasteiger charge is -2.13. The molecule has 0 aromatic heterocycles. The summed E-state index contributed by atoms with van der Waals surface area (Å²) in [6, 6.07) is 17.0. The molecule has 0 saturated heterocycles. The van der Waals surface area contributed by atoms with Crippen LogP contribution in [-0.2, 0) is 6.42 Å². The van der Waals surface area contributed by atoms with E-state index in [1.165, 1.54) is 42.5 Å². The average molecular weight is 388 g/mol. The summed E-state index contributed by atoms with van der Waals surface area (Å²) in [5.41, 5.74) is 2.70. The van der Waals surface area contributed by atoms with Gasteiger partial charge in [0.25, 0.3) is 17.7 Å². The molecule has 4 rings (SSSR count). The minimum Gasteiger partial charge on any atom is -0.322 e. The van der Waals surface area contributed by atoms with Gasteiger partial charge in [-0.15, -0.1) is 0 Å². The zero-order valence-corrected chi connectivity index (χ0v) is 15.6. The van der Waals surface area contributed by atoms with Gasteiger partial charge in [0, 0.05) is 11.3 Å². The van der Waals surface area contributed by atoms with Crippen LogP contribution < -0.4 is 10.2 Å². The Hall–Kier alpha value is -3.80. The maximum Gasteiger partial charge on any atom is 0.266 e. The molecule has 0 bridgehead atoms. The van der Waals surface area contributed by atoms with E-state index in [9.17, 15) is 18.8 Å². The summed E-state index contributed by atoms with van der Waals surface area (Å²) < 4.78 is 13.2. The van der Waals surface area contributed by atoms with E-state index < -0.39 is 17.6 Å². The summed E-state index contributed by atoms with van der Waals surface area (Å²) in [5, 5.41) is 2.79. The van der Waals surface area contributed by atoms with E-state index in [-0.39, 0.29) is 28.3 Å². The largest absolute Gasteiger partial charge is 0.322 e. The Bertz CT molecular complexity index is 1120. The first kappa shape index (κ1) is 18.6. The summed E-state index contributed by atoms with van der Waals surface area (Å²) >= 11 is 0. The summed E-state index contributed by atoms with van der Waals surface area (Å²) in [6.07, 6.45) is 0.903. The fourth-order valence-electron chi connectivity index (χ4n) is 3.23. The second-order valence-electron chi connectivity index (χ2n) is 6.69. The van der Waals surface area contributed by atoms with Crippen LogP contribution in [0.15, 0.2) is 66.7 Å². The first-order valence-corrected chi connectivity index (χ1v) is 9.16. The van der Waals surface area contributed by atoms with Gasteiger partial charge in [-0.05, 0) is 66.6 Å². The molecule has 144 valence electrons. The van der Waals surface area contributed by atoms with Crippen molar-refractivity contribution < 1.29 is 18.8 Å². The number of halogens is 1. The summed E-state index contributed by atoms with van der Waals surface area (Å²) in [7, 11) is 0. The van der Waals surface area contributed by atoms with Gasteiger partial charge >= 0.3 is 0 Å². The van der Waals surface area contributed by atoms with Gasteiger partial charge in [-0.1, -0.05) is 19.1 Å². The van der Waals surface area contributed by atoms with Gasteiger partial charge in [0.2, 0.25) is 0 Å². The molecule has 3 aromatic carbocycles. The summed E-state index contributed by atoms with van der Waals surface area (Å²) in [4.78, 5) is 39.0. The molecule has 6 heteroatoms. The van der Waals surface area contributed by atoms with Crippen LogP contribution in [0.3, 0.4) is 0 Å². The maximum atomic E-state index is 13.2. The van der Waals surface area contributed by atoms with Crippen molar-refractivity contribution in [2.75, 3.05) is 10.2 Å². The molecule has 1 heterocycles. The van der Waals surface area contributed by atoms with Crippen molar-refractivity contribution >= 4 is 29.1 Å². The Balaban J connectivity index is 1.59. The molecule has 0 atom stereocenters. The van der Waals surface area contributed by atoms with Crippen LogP contribution in [0.5, 0.6) is 0 Å². The third-order valence-electron chi connectivity index (χ3n) is 4.85. The van der Waals surface area contributed by atoms with Crippen LogP contribution >= 0.6 is 0 Å². The van der Waals surface area contributed by atoms with Crippen molar-refractivity contribution in [1.29, 1.82) is 0 Å². The highest BCUT2D eigenvalue weighted by Crippen LogP contribution is 2.29. The number of carbonyl (C=O) groups excluding carboxylic acids is 3. The van der Waals surface area contributed by atoms with E-state index in [1.54, 1.807) is 0 Å². The van der Waals surface area contributed by atoms with Crippen LogP contribution in [0.4, 0.5) is 15.8 Å². The molecule has 0 spiro atoms. The van der Waals surface area contributed by atoms with Gasteiger partial charge in [-0.2, -0.15) is 0 Å². The number of hydrogen-bond acceptors (Lipinski definition) is 3. The van der Waals surface area contributed by atoms with E-state index in [1.807, 2.05) is 31.2 Å². The molecule has 3 amide bonds. The van der Waals surface area contributed by atoms with Gasteiger partial charge < -0.3 is 5.32 Å². The monoisotopic (exact) mass is 388 g/mol. The quantitative estimate of drug-likeness (QED) is 0.672. The molecule has 0 aliphatic carbocycles. The minimum atomic E-state index is -0.543. The molecule has 3 aromatic rings. The molecule has 0 radical (unpaired) electrons. The van der Waals surface area contributed by atoms with E-state index >= 15 is 0 Å². The normalized spacial score (nSPS) is 12.8. The molecule has 1 aliphatic rings. The third kappa shape index (κ3) is 3.40. The molecule has 0 unspecified atom stereocenters. The second kappa shape index (κ2) is 7.31. The molecular formula is C23H17FN2O3. The highest BCUT2D eigenvalue weighted by molar-refractivity contribution is 6.34. The van der Waals surface area contributed by atoms with Crippen LogP contribution in [0.1, 0.15) is 43.6 Å². The van der Waals surface area contributed by atoms with Gasteiger partial charge in [-0.3, -0.25) is 14.4 Å². The highest BCUT2D eigenvalue weighted by Gasteiger charge is 2.37. The zero-order chi connectivity index (χ0) is 20.5. The fraction of sp³-hybridized carbons (Fsp3) is 0.0870. The summed E-state index contributed by atoms with van der Waals surface area (Å²) in [6.45, 7) is 2.05. The standard InChI is InChI=1S/C23H17FN2O3/c1-2-14-3-8-17(9-4-14)25-21(27)15-5-12-19-20(13-15)23(29)26(22(19)28)18-10-6-16(24)7-11-18/h3-13H,2H2,1H3,(H,25,27). The number of hydrogen-bond donors (Lipinski definition) is 1. The van der Waals surface area contributed by atoms with Crippen LogP contribution in [-0.4, -0.2) is 17.7 Å². The van der Waals surface area contributed by atoms with E-state index in [4.69, 9.17) is 0 Å². The highest BCUT2D eigenvalue weighted by atomic mass is 19.1. The Morgan fingerprint density at radius 2 is 1.55 bits per heavy atom. The van der Waals surface area contributed by atoms with Gasteiger partial charge in [-0.25, -0.2) is 9.29 Å². The molecule has 0 fully saturated rings. The first-order valence-electron chi connectivity index (χ1n) is 9.16. The lowest BCUT2D eigenvalue weighted by atomic mass is 10.1. The third-order valence-corrected chi connectivity index (χ3v) is 4.85. The number of amides is 3. The number of carbonyl (C=O) groups is 3. The average Bonchev–Trinajstić information content (AvgIpc) is 2.99. The minimum absolute atomic E-state index is 0.147. The Morgan fingerprint density at radius 3 is 2.21 bits per heavy atom. The molecule has 5 nitrogen and oxygen atoms in total. The zero-order valence-electron chi connectivity index (χ0n) is 15.6. The molecule has 29 heavy (non-hydrogen) atoms. The van der Waals surface area contributed by atoms with Crippen molar-refractivity contribution in [1.82, 2.24) is 0 Å². The van der Waals surface area contributed by atoms with Crippen molar-refractivity contribution in [3.63, 3.8) is 0 Å². The van der Waals surface area contributed by atoms with E-state index in [0.717, 1.165) is 16.9 Å². The molecule has 1 N–H and O–H groups in total. The Labute approximate surface area is 166 Å². The first-order chi connectivity index (χ1) is 14.0. The number of rotatable bonds is 4. The Kier molecular flexibility index (Phi) is 4.68. The van der Waals surface area contributed by atoms with Crippen molar-refractivity contribution in [3.05, 3.63) is 94.8 Å². The van der Waals surface area contributed by atoms with Crippen molar-refractivity contribution in [2.24, 2.45) is 0 Å². The van der Waals surface area contributed by atoms with Gasteiger partial charge in [0.1, 0.15) is 5.82 Å². The maximum absolute atomic E-state index is 13.2. The topological polar surface area (TPSA) is 66.5 Å². The van der Waals surface area contributed by atoms with E-state index in [0.29, 0.717) is 5.69 Å². The number of aryl methyl sites for hydroxylation is 1. The SMILES string of the molecule is CCc1ccc(NC(=O)c2ccc3c(c2)C(=O)N(c2ccc(F)cc2)C3=O)cc1. The second-order valence-corrected chi connectivity index (χ2v) is 6.69. The molecule has 1 aliphatic heterocycles. The lowest BCUT2D eigenvalue weighted by Crippen LogP contribution is -2.29. The smallest absolute Gasteiger partial charge is 0.266 e. The van der Waals surface area contributed by atoms with Gasteiger partial charge in [0.05, 0.1) is 16.8 Å². The number of nitrogens with zero attached hydrogens (tertiary/aromatic N) is 1. The number of fused-ring (bicyclic) bond motifs is 1. The number of benzene rings is 3. The number of anilines is 2. The predicted octanol–water partition coefficient (Wildman–Crippen LogP) is 4.44. The Morgan fingerprint density at radius 1 is 0.897 bits per heavy atom. The predicted molar refractivity (Wildman–Crippen MR) is 108 cm³/mol. The lowest BCUT2D eigenvalue weighted by molar-refractivity contribution is 0.0925. The fourth-order valence-corrected chi connectivity index (χ4v) is 3.23. The van der Waals surface area contributed by atoms with Crippen LogP contribution in [0, 0.1) is 5.82 Å². The van der Waals surface area contributed by atoms with Crippen molar-refractivity contribution in [3.8, 4) is 0 Å². The van der Waals surface area contributed by atoms with Crippen LogP contribution in [0.25, 0.3) is 0 Å². The molecule has 0 saturated carbocycles. The van der Waals surface area contributed by atoms with Crippen molar-refractivity contribution in [2.45, 2.75) is 13.3 Å². The molecular weight excluding hydrogens is 371 g/mol.